The molecule has 0 bridgehead atoms. The number of ether oxygens (including phenoxy) is 1. The number of benzene rings is 2. The van der Waals surface area contributed by atoms with Crippen molar-refractivity contribution in [2.45, 2.75) is 0 Å². The summed E-state index contributed by atoms with van der Waals surface area (Å²) < 4.78 is 4.83. The lowest BCUT2D eigenvalue weighted by atomic mass is 10.2. The van der Waals surface area contributed by atoms with E-state index in [0.29, 0.717) is 0 Å². The molecule has 1 amide bonds. The SMILES string of the molecule is O=C(COC(=O)c1cccc(Cl)c1Cl)Nc1ccccc1[N+](=O)[O-]. The number of esters is 1. The highest BCUT2D eigenvalue weighted by Crippen LogP contribution is 2.26. The number of carbonyl (C=O) groups is 2. The van der Waals surface area contributed by atoms with Crippen molar-refractivity contribution in [3.05, 3.63) is 68.2 Å². The lowest BCUT2D eigenvalue weighted by Gasteiger charge is -2.08. The molecule has 2 rings (SSSR count). The normalized spacial score (nSPS) is 10.1. The van der Waals surface area contributed by atoms with Gasteiger partial charge in [-0.05, 0) is 18.2 Å². The molecule has 0 fully saturated rings. The molecular weight excluding hydrogens is 359 g/mol. The minimum Gasteiger partial charge on any atom is -0.452 e. The summed E-state index contributed by atoms with van der Waals surface area (Å²) in [6.07, 6.45) is 0. The smallest absolute Gasteiger partial charge is 0.340 e. The standard InChI is InChI=1S/C15H10Cl2N2O5/c16-10-5-3-4-9(14(10)17)15(21)24-8-13(20)18-11-6-1-2-7-12(11)19(22)23/h1-7H,8H2,(H,18,20). The van der Waals surface area contributed by atoms with Gasteiger partial charge in [0.15, 0.2) is 6.61 Å². The van der Waals surface area contributed by atoms with Crippen LogP contribution in [0.1, 0.15) is 10.4 Å². The molecule has 0 saturated heterocycles. The van der Waals surface area contributed by atoms with E-state index in [4.69, 9.17) is 27.9 Å². The summed E-state index contributed by atoms with van der Waals surface area (Å²) >= 11 is 11.7. The fraction of sp³-hybridized carbons (Fsp3) is 0.0667. The zero-order valence-electron chi connectivity index (χ0n) is 12.0. The Labute approximate surface area is 146 Å². The van der Waals surface area contributed by atoms with Crippen LogP contribution in [0.3, 0.4) is 0 Å². The maximum Gasteiger partial charge on any atom is 0.340 e. The van der Waals surface area contributed by atoms with Crippen LogP contribution in [0, 0.1) is 10.1 Å². The fourth-order valence-electron chi connectivity index (χ4n) is 1.80. The molecule has 1 N–H and O–H groups in total. The monoisotopic (exact) mass is 368 g/mol. The maximum atomic E-state index is 11.9. The van der Waals surface area contributed by atoms with Crippen LogP contribution in [-0.2, 0) is 9.53 Å². The third-order valence-corrected chi connectivity index (χ3v) is 3.70. The average Bonchev–Trinajstić information content (AvgIpc) is 2.55. The van der Waals surface area contributed by atoms with E-state index in [1.165, 1.54) is 42.5 Å². The van der Waals surface area contributed by atoms with Gasteiger partial charge in [0.25, 0.3) is 11.6 Å². The van der Waals surface area contributed by atoms with E-state index in [0.717, 1.165) is 0 Å². The summed E-state index contributed by atoms with van der Waals surface area (Å²) in [5.41, 5.74) is -0.248. The van der Waals surface area contributed by atoms with Crippen molar-refractivity contribution in [1.29, 1.82) is 0 Å². The van der Waals surface area contributed by atoms with Crippen LogP contribution < -0.4 is 5.32 Å². The van der Waals surface area contributed by atoms with Crippen LogP contribution in [-0.4, -0.2) is 23.4 Å². The summed E-state index contributed by atoms with van der Waals surface area (Å²) in [5.74, 6) is -1.56. The Morgan fingerprint density at radius 2 is 1.83 bits per heavy atom. The number of nitrogens with one attached hydrogen (secondary N) is 1. The molecule has 0 atom stereocenters. The number of nitro benzene ring substituents is 1. The first-order chi connectivity index (χ1) is 11.4. The number of para-hydroxylation sites is 2. The minimum atomic E-state index is -0.833. The first-order valence-corrected chi connectivity index (χ1v) is 7.30. The molecule has 24 heavy (non-hydrogen) atoms. The largest absolute Gasteiger partial charge is 0.452 e. The quantitative estimate of drug-likeness (QED) is 0.492. The van der Waals surface area contributed by atoms with E-state index >= 15 is 0 Å². The molecule has 0 aliphatic rings. The van der Waals surface area contributed by atoms with Gasteiger partial charge < -0.3 is 10.1 Å². The van der Waals surface area contributed by atoms with E-state index in [9.17, 15) is 19.7 Å². The van der Waals surface area contributed by atoms with Crippen LogP contribution in [0.25, 0.3) is 0 Å². The first-order valence-electron chi connectivity index (χ1n) is 6.54. The lowest BCUT2D eigenvalue weighted by Crippen LogP contribution is -2.21. The van der Waals surface area contributed by atoms with Crippen molar-refractivity contribution in [2.24, 2.45) is 0 Å². The second-order valence-corrected chi connectivity index (χ2v) is 5.29. The highest BCUT2D eigenvalue weighted by molar-refractivity contribution is 6.43. The number of hydrogen-bond donors (Lipinski definition) is 1. The summed E-state index contributed by atoms with van der Waals surface area (Å²) in [6, 6.07) is 10.0. The van der Waals surface area contributed by atoms with Gasteiger partial charge in [0.2, 0.25) is 0 Å². The molecule has 7 nitrogen and oxygen atoms in total. The summed E-state index contributed by atoms with van der Waals surface area (Å²) in [6.45, 7) is -0.631. The van der Waals surface area contributed by atoms with Crippen LogP contribution in [0.15, 0.2) is 42.5 Å². The van der Waals surface area contributed by atoms with E-state index in [2.05, 4.69) is 5.32 Å². The molecule has 0 radical (unpaired) electrons. The Morgan fingerprint density at radius 3 is 2.54 bits per heavy atom. The molecule has 0 unspecified atom stereocenters. The van der Waals surface area contributed by atoms with E-state index in [1.54, 1.807) is 0 Å². The number of halogens is 2. The molecule has 0 aliphatic carbocycles. The minimum absolute atomic E-state index is 0.00402. The van der Waals surface area contributed by atoms with Crippen LogP contribution >= 0.6 is 23.2 Å². The Balaban J connectivity index is 2.00. The Kier molecular flexibility index (Phi) is 5.73. The van der Waals surface area contributed by atoms with Crippen molar-refractivity contribution in [3.8, 4) is 0 Å². The predicted molar refractivity (Wildman–Crippen MR) is 88.5 cm³/mol. The summed E-state index contributed by atoms with van der Waals surface area (Å²) in [5, 5.41) is 13.4. The summed E-state index contributed by atoms with van der Waals surface area (Å²) in [7, 11) is 0. The highest BCUT2D eigenvalue weighted by Gasteiger charge is 2.18. The third kappa shape index (κ3) is 4.21. The average molecular weight is 369 g/mol. The Morgan fingerprint density at radius 1 is 1.12 bits per heavy atom. The Hall–Kier alpha value is -2.64. The zero-order chi connectivity index (χ0) is 17.7. The molecule has 0 spiro atoms. The molecule has 0 aliphatic heterocycles. The van der Waals surface area contributed by atoms with Crippen LogP contribution in [0.4, 0.5) is 11.4 Å². The number of hydrogen-bond acceptors (Lipinski definition) is 5. The fourth-order valence-corrected chi connectivity index (χ4v) is 2.17. The molecule has 2 aromatic carbocycles. The molecule has 0 aromatic heterocycles. The van der Waals surface area contributed by atoms with Crippen molar-refractivity contribution in [2.75, 3.05) is 11.9 Å². The maximum absolute atomic E-state index is 11.9. The topological polar surface area (TPSA) is 98.5 Å². The zero-order valence-corrected chi connectivity index (χ0v) is 13.5. The molecule has 9 heteroatoms. The number of nitrogens with zero attached hydrogens (tertiary/aromatic N) is 1. The van der Waals surface area contributed by atoms with Gasteiger partial charge in [-0.3, -0.25) is 14.9 Å². The van der Waals surface area contributed by atoms with Crippen LogP contribution in [0.2, 0.25) is 10.0 Å². The third-order valence-electron chi connectivity index (χ3n) is 2.88. The van der Waals surface area contributed by atoms with Gasteiger partial charge in [-0.2, -0.15) is 0 Å². The molecule has 124 valence electrons. The molecule has 0 heterocycles. The van der Waals surface area contributed by atoms with Crippen molar-refractivity contribution in [3.63, 3.8) is 0 Å². The van der Waals surface area contributed by atoms with Gasteiger partial charge in [0.1, 0.15) is 5.69 Å². The second kappa shape index (κ2) is 7.76. The molecule has 2 aromatic rings. The summed E-state index contributed by atoms with van der Waals surface area (Å²) in [4.78, 5) is 33.9. The van der Waals surface area contributed by atoms with Gasteiger partial charge in [0.05, 0.1) is 20.5 Å². The van der Waals surface area contributed by atoms with Gasteiger partial charge in [-0.25, -0.2) is 4.79 Å². The number of rotatable bonds is 5. The Bertz CT molecular complexity index is 810. The van der Waals surface area contributed by atoms with Gasteiger partial charge >= 0.3 is 5.97 Å². The van der Waals surface area contributed by atoms with Crippen molar-refractivity contribution in [1.82, 2.24) is 0 Å². The first kappa shape index (κ1) is 17.7. The number of anilines is 1. The van der Waals surface area contributed by atoms with Gasteiger partial charge in [-0.15, -0.1) is 0 Å². The number of carbonyl (C=O) groups excluding carboxylic acids is 2. The van der Waals surface area contributed by atoms with Gasteiger partial charge in [-0.1, -0.05) is 41.4 Å². The predicted octanol–water partition coefficient (Wildman–Crippen LogP) is 3.70. The highest BCUT2D eigenvalue weighted by atomic mass is 35.5. The van der Waals surface area contributed by atoms with Gasteiger partial charge in [0, 0.05) is 6.07 Å². The second-order valence-electron chi connectivity index (χ2n) is 4.50. The number of nitro groups is 1. The van der Waals surface area contributed by atoms with Crippen molar-refractivity contribution >= 4 is 46.5 Å². The van der Waals surface area contributed by atoms with E-state index in [1.807, 2.05) is 0 Å². The van der Waals surface area contributed by atoms with E-state index < -0.39 is 23.4 Å². The lowest BCUT2D eigenvalue weighted by molar-refractivity contribution is -0.383. The number of amides is 1. The van der Waals surface area contributed by atoms with E-state index in [-0.39, 0.29) is 27.0 Å². The molecular formula is C15H10Cl2N2O5. The van der Waals surface area contributed by atoms with Crippen LogP contribution in [0.5, 0.6) is 0 Å². The van der Waals surface area contributed by atoms with Crippen molar-refractivity contribution < 1.29 is 19.2 Å². The molecule has 0 saturated carbocycles.